The number of likely N-dealkylation sites (tertiary alicyclic amines) is 2. The molecule has 2 aliphatic rings. The number of hydrogen-bond acceptors (Lipinski definition) is 17. The number of nitrogens with zero attached hydrogens (tertiary/aromatic N) is 3. The predicted molar refractivity (Wildman–Crippen MR) is 248 cm³/mol. The van der Waals surface area contributed by atoms with Crippen molar-refractivity contribution in [3.8, 4) is 5.75 Å². The summed E-state index contributed by atoms with van der Waals surface area (Å²) in [6.07, 6.45) is -0.102. The molecule has 0 unspecified atom stereocenters. The first-order valence-electron chi connectivity index (χ1n) is 23.1. The van der Waals surface area contributed by atoms with E-state index in [0.29, 0.717) is 17.7 Å². The first-order valence-corrected chi connectivity index (χ1v) is 23.1. The fourth-order valence-corrected chi connectivity index (χ4v) is 8.14. The van der Waals surface area contributed by atoms with Gasteiger partial charge in [0.25, 0.3) is 0 Å². The van der Waals surface area contributed by atoms with E-state index >= 15 is 0 Å². The van der Waals surface area contributed by atoms with Gasteiger partial charge >= 0.3 is 17.9 Å². The minimum Gasteiger partial charge on any atom is -0.508 e. The molecule has 2 fully saturated rings. The number of aliphatic hydroxyl groups excluding tert-OH is 2. The number of H-pyrrole nitrogens is 1. The Balaban J connectivity index is 1.48. The largest absolute Gasteiger partial charge is 0.508 e. The summed E-state index contributed by atoms with van der Waals surface area (Å²) < 4.78 is 0. The molecular weight excluding hydrogens is 985 g/mol. The maximum absolute atomic E-state index is 13.9. The number of aromatic nitrogens is 2. The van der Waals surface area contributed by atoms with E-state index < -0.39 is 171 Å². The smallest absolute Gasteiger partial charge is 0.326 e. The highest BCUT2D eigenvalue weighted by Crippen LogP contribution is 2.21. The summed E-state index contributed by atoms with van der Waals surface area (Å²) in [5.74, 6) is -13.8. The van der Waals surface area contributed by atoms with E-state index in [4.69, 9.17) is 16.6 Å². The monoisotopic (exact) mass is 1040 g/mol. The molecule has 0 saturated carbocycles. The van der Waals surface area contributed by atoms with Crippen molar-refractivity contribution in [3.63, 3.8) is 0 Å². The number of amides is 9. The van der Waals surface area contributed by atoms with Gasteiger partial charge in [0.15, 0.2) is 0 Å². The molecule has 404 valence electrons. The van der Waals surface area contributed by atoms with Gasteiger partial charge in [-0.05, 0) is 49.8 Å². The van der Waals surface area contributed by atoms with Gasteiger partial charge in [-0.15, -0.1) is 0 Å². The van der Waals surface area contributed by atoms with Gasteiger partial charge < -0.3 is 88.8 Å². The highest BCUT2D eigenvalue weighted by molar-refractivity contribution is 5.99. The van der Waals surface area contributed by atoms with Crippen LogP contribution in [0.2, 0.25) is 0 Å². The van der Waals surface area contributed by atoms with Crippen LogP contribution in [0.15, 0.2) is 36.8 Å². The van der Waals surface area contributed by atoms with E-state index in [9.17, 15) is 83.1 Å². The number of carbonyl (C=O) groups is 12. The Kier molecular flexibility index (Phi) is 21.7. The SMILES string of the molecule is NC(=O)C[C@H](N)C(=O)N1CCC[C@H]1C(=O)N[C@@H](CC(=O)O)C(=O)N[C@@H](Cc1ccc(O)cc1)C(=O)N[C@@H](CO)C(=O)N[C@@H](CO)C(=O)N1CCC[C@H]1C(=O)N[C@@H](Cc1cnc[nH]1)C(=O)N[C@@H](CCC(=O)O)C(=O)O. The zero-order chi connectivity index (χ0) is 54.8. The fraction of sp³-hybridized carbons (Fsp3) is 0.523. The molecule has 0 spiro atoms. The van der Waals surface area contributed by atoms with Crippen LogP contribution in [0.25, 0.3) is 0 Å². The van der Waals surface area contributed by atoms with Gasteiger partial charge in [0.1, 0.15) is 54.1 Å². The van der Waals surface area contributed by atoms with Crippen molar-refractivity contribution in [1.29, 1.82) is 0 Å². The Morgan fingerprint density at radius 2 is 1.14 bits per heavy atom. The number of aromatic amines is 1. The van der Waals surface area contributed by atoms with E-state index in [0.717, 1.165) is 9.80 Å². The predicted octanol–water partition coefficient (Wildman–Crippen LogP) is -6.60. The number of aromatic hydroxyl groups is 1. The molecular formula is C44H60N12O18. The number of carboxylic acids is 3. The van der Waals surface area contributed by atoms with Crippen LogP contribution in [0, 0.1) is 0 Å². The molecule has 9 atom stereocenters. The molecule has 9 amide bonds. The van der Waals surface area contributed by atoms with E-state index in [1.165, 1.54) is 36.8 Å². The molecule has 0 bridgehead atoms. The fourth-order valence-electron chi connectivity index (χ4n) is 8.14. The number of imidazole rings is 1. The molecule has 0 aliphatic carbocycles. The van der Waals surface area contributed by atoms with Crippen molar-refractivity contribution >= 4 is 71.1 Å². The summed E-state index contributed by atoms with van der Waals surface area (Å²) in [7, 11) is 0. The number of rotatable bonds is 28. The summed E-state index contributed by atoms with van der Waals surface area (Å²) >= 11 is 0. The molecule has 74 heavy (non-hydrogen) atoms. The third-order valence-corrected chi connectivity index (χ3v) is 11.9. The summed E-state index contributed by atoms with van der Waals surface area (Å²) in [6.45, 7) is -2.29. The lowest BCUT2D eigenvalue weighted by Crippen LogP contribution is -2.61. The quantitative estimate of drug-likeness (QED) is 0.0377. The van der Waals surface area contributed by atoms with Crippen LogP contribution >= 0.6 is 0 Å². The van der Waals surface area contributed by atoms with Crippen molar-refractivity contribution < 1.29 is 88.2 Å². The van der Waals surface area contributed by atoms with E-state index in [-0.39, 0.29) is 44.5 Å². The second kappa shape index (κ2) is 27.5. The number of nitrogens with one attached hydrogen (secondary N) is 7. The summed E-state index contributed by atoms with van der Waals surface area (Å²) in [5, 5.41) is 72.5. The van der Waals surface area contributed by atoms with Crippen molar-refractivity contribution in [1.82, 2.24) is 51.7 Å². The first kappa shape index (κ1) is 58.3. The maximum atomic E-state index is 13.9. The highest BCUT2D eigenvalue weighted by Gasteiger charge is 2.42. The number of carbonyl (C=O) groups excluding carboxylic acids is 9. The van der Waals surface area contributed by atoms with E-state index in [2.05, 4.69) is 41.9 Å². The molecule has 17 N–H and O–H groups in total. The number of nitrogens with two attached hydrogens (primary N) is 2. The molecule has 0 radical (unpaired) electrons. The van der Waals surface area contributed by atoms with Crippen molar-refractivity contribution in [2.24, 2.45) is 11.5 Å². The number of primary amides is 1. The van der Waals surface area contributed by atoms with Crippen molar-refractivity contribution in [2.45, 2.75) is 119 Å². The number of aliphatic hydroxyl groups is 2. The molecule has 2 aromatic rings. The molecule has 2 saturated heterocycles. The minimum absolute atomic E-state index is 0.0186. The summed E-state index contributed by atoms with van der Waals surface area (Å²) in [4.78, 5) is 164. The normalized spacial score (nSPS) is 18.0. The van der Waals surface area contributed by atoms with Gasteiger partial charge in [-0.1, -0.05) is 12.1 Å². The Labute approximate surface area is 420 Å². The van der Waals surface area contributed by atoms with E-state index in [1.54, 1.807) is 0 Å². The van der Waals surface area contributed by atoms with Crippen LogP contribution in [0.5, 0.6) is 5.75 Å². The molecule has 2 aliphatic heterocycles. The lowest BCUT2D eigenvalue weighted by molar-refractivity contribution is -0.145. The van der Waals surface area contributed by atoms with E-state index in [1.807, 2.05) is 0 Å². The zero-order valence-corrected chi connectivity index (χ0v) is 39.6. The number of phenolic OH excluding ortho intramolecular Hbond substituents is 1. The number of hydrogen-bond donors (Lipinski definition) is 15. The number of aliphatic carboxylic acids is 3. The Hall–Kier alpha value is -8.25. The molecule has 4 rings (SSSR count). The van der Waals surface area contributed by atoms with Crippen LogP contribution in [0.4, 0.5) is 0 Å². The van der Waals surface area contributed by atoms with Gasteiger partial charge in [-0.25, -0.2) is 9.78 Å². The lowest BCUT2D eigenvalue weighted by atomic mass is 10.0. The second-order valence-corrected chi connectivity index (χ2v) is 17.4. The molecule has 1 aromatic carbocycles. The van der Waals surface area contributed by atoms with Gasteiger partial charge in [-0.3, -0.25) is 52.7 Å². The summed E-state index contributed by atoms with van der Waals surface area (Å²) in [6, 6.07) is -9.17. The van der Waals surface area contributed by atoms with Crippen LogP contribution in [-0.2, 0) is 70.4 Å². The summed E-state index contributed by atoms with van der Waals surface area (Å²) in [5.41, 5.74) is 11.6. The van der Waals surface area contributed by atoms with Gasteiger partial charge in [0.05, 0.1) is 38.4 Å². The highest BCUT2D eigenvalue weighted by atomic mass is 16.4. The van der Waals surface area contributed by atoms with Crippen LogP contribution in [0.3, 0.4) is 0 Å². The average molecular weight is 1050 g/mol. The van der Waals surface area contributed by atoms with Gasteiger partial charge in [0, 0.05) is 44.2 Å². The molecule has 1 aromatic heterocycles. The maximum Gasteiger partial charge on any atom is 0.326 e. The first-order chi connectivity index (χ1) is 35.0. The molecule has 30 heteroatoms. The second-order valence-electron chi connectivity index (χ2n) is 17.4. The topological polar surface area (TPSA) is 486 Å². The van der Waals surface area contributed by atoms with Crippen LogP contribution in [-0.4, -0.2) is 202 Å². The Morgan fingerprint density at radius 3 is 1.65 bits per heavy atom. The van der Waals surface area contributed by atoms with Crippen molar-refractivity contribution in [2.75, 3.05) is 26.3 Å². The molecule has 3 heterocycles. The van der Waals surface area contributed by atoms with Crippen LogP contribution in [0.1, 0.15) is 62.6 Å². The number of phenols is 1. The van der Waals surface area contributed by atoms with Crippen molar-refractivity contribution in [3.05, 3.63) is 48.0 Å². The Morgan fingerprint density at radius 1 is 0.635 bits per heavy atom. The number of benzene rings is 1. The zero-order valence-electron chi connectivity index (χ0n) is 39.6. The minimum atomic E-state index is -1.91. The third kappa shape index (κ3) is 16.9. The average Bonchev–Trinajstić information content (AvgIpc) is 4.16. The third-order valence-electron chi connectivity index (χ3n) is 11.9. The number of carboxylic acid groups (broad SMARTS) is 3. The lowest BCUT2D eigenvalue weighted by Gasteiger charge is -2.30. The Bertz CT molecular complexity index is 2390. The van der Waals surface area contributed by atoms with Crippen LogP contribution < -0.4 is 43.4 Å². The van der Waals surface area contributed by atoms with Gasteiger partial charge in [0.2, 0.25) is 53.2 Å². The van der Waals surface area contributed by atoms with Gasteiger partial charge in [-0.2, -0.15) is 0 Å². The molecule has 30 nitrogen and oxygen atoms in total. The standard InChI is InChI=1S/C44H60N12O18/c45-24(15-33(46)60)42(71)55-11-1-3-31(55)40(69)52-28(16-35(63)64)38(67)50-26(13-21-5-7-23(59)8-6-21)36(65)53-29(18-57)39(68)54-30(19-58)43(72)56-12-2-4-32(56)41(70)51-27(14-22-17-47-20-48-22)37(66)49-25(44(73)74)9-10-34(61)62/h5-8,17,20,24-32,57-59H,1-4,9-16,18-19,45H2,(H2,46,60)(H,47,48)(H,49,66)(H,50,67)(H,51,70)(H,52,69)(H,53,65)(H,54,68)(H,61,62)(H,63,64)(H,73,74)/t24-,25-,26-,27-,28-,29-,30-,31-,32-/m0/s1.